The Bertz CT molecular complexity index is 596. The minimum absolute atomic E-state index is 0.147. The molecule has 1 fully saturated rings. The van der Waals surface area contributed by atoms with E-state index in [0.717, 1.165) is 43.6 Å². The summed E-state index contributed by atoms with van der Waals surface area (Å²) in [6.45, 7) is 6.04. The SMILES string of the molecule is CCn1nc(C(=O)NCCCN2CCCC2=O)c2c1CCOC2. The molecule has 3 rings (SSSR count). The fourth-order valence-corrected chi connectivity index (χ4v) is 3.25. The van der Waals surface area contributed by atoms with Crippen molar-refractivity contribution in [2.45, 2.75) is 45.8 Å². The maximum Gasteiger partial charge on any atom is 0.272 e. The van der Waals surface area contributed by atoms with Crippen LogP contribution in [0.25, 0.3) is 0 Å². The maximum absolute atomic E-state index is 12.4. The number of nitrogens with one attached hydrogen (secondary N) is 1. The van der Waals surface area contributed by atoms with E-state index in [1.165, 1.54) is 0 Å². The van der Waals surface area contributed by atoms with Crippen LogP contribution in [0.4, 0.5) is 0 Å². The molecule has 0 spiro atoms. The van der Waals surface area contributed by atoms with Crippen LogP contribution < -0.4 is 5.32 Å². The fraction of sp³-hybridized carbons (Fsp3) is 0.688. The molecule has 1 aromatic heterocycles. The number of amides is 2. The Morgan fingerprint density at radius 3 is 3.00 bits per heavy atom. The molecule has 126 valence electrons. The molecule has 0 aromatic carbocycles. The van der Waals surface area contributed by atoms with Crippen molar-refractivity contribution in [3.63, 3.8) is 0 Å². The van der Waals surface area contributed by atoms with Gasteiger partial charge in [0.1, 0.15) is 0 Å². The van der Waals surface area contributed by atoms with Crippen LogP contribution in [0.5, 0.6) is 0 Å². The number of likely N-dealkylation sites (tertiary alicyclic amines) is 1. The summed E-state index contributed by atoms with van der Waals surface area (Å²) in [5, 5.41) is 7.36. The molecule has 3 heterocycles. The van der Waals surface area contributed by atoms with Crippen molar-refractivity contribution in [3.8, 4) is 0 Å². The fourth-order valence-electron chi connectivity index (χ4n) is 3.25. The third kappa shape index (κ3) is 3.39. The zero-order chi connectivity index (χ0) is 16.2. The van der Waals surface area contributed by atoms with E-state index in [-0.39, 0.29) is 11.8 Å². The molecule has 2 aliphatic rings. The Labute approximate surface area is 136 Å². The number of hydrogen-bond acceptors (Lipinski definition) is 4. The Hall–Kier alpha value is -1.89. The van der Waals surface area contributed by atoms with Crippen molar-refractivity contribution in [1.29, 1.82) is 0 Å². The molecule has 0 radical (unpaired) electrons. The Morgan fingerprint density at radius 1 is 1.39 bits per heavy atom. The maximum atomic E-state index is 12.4. The van der Waals surface area contributed by atoms with Crippen molar-refractivity contribution in [1.82, 2.24) is 20.0 Å². The number of carbonyl (C=O) groups is 2. The lowest BCUT2D eigenvalue weighted by Crippen LogP contribution is -2.31. The second-order valence-electron chi connectivity index (χ2n) is 5.99. The number of aromatic nitrogens is 2. The molecule has 2 aliphatic heterocycles. The van der Waals surface area contributed by atoms with Crippen LogP contribution >= 0.6 is 0 Å². The van der Waals surface area contributed by atoms with E-state index in [1.54, 1.807) is 0 Å². The monoisotopic (exact) mass is 320 g/mol. The zero-order valence-corrected chi connectivity index (χ0v) is 13.6. The van der Waals surface area contributed by atoms with Crippen LogP contribution in [0.15, 0.2) is 0 Å². The van der Waals surface area contributed by atoms with E-state index < -0.39 is 0 Å². The van der Waals surface area contributed by atoms with Crippen LogP contribution in [-0.2, 0) is 29.1 Å². The second kappa shape index (κ2) is 7.12. The molecule has 7 nitrogen and oxygen atoms in total. The summed E-state index contributed by atoms with van der Waals surface area (Å²) in [5.74, 6) is 0.0796. The van der Waals surface area contributed by atoms with Gasteiger partial charge in [-0.25, -0.2) is 0 Å². The Morgan fingerprint density at radius 2 is 2.26 bits per heavy atom. The van der Waals surface area contributed by atoms with Gasteiger partial charge in [-0.2, -0.15) is 5.10 Å². The molecule has 1 saturated heterocycles. The van der Waals surface area contributed by atoms with Crippen LogP contribution in [0.2, 0.25) is 0 Å². The van der Waals surface area contributed by atoms with Crippen molar-refractivity contribution >= 4 is 11.8 Å². The molecule has 0 aliphatic carbocycles. The van der Waals surface area contributed by atoms with Gasteiger partial charge in [0.25, 0.3) is 5.91 Å². The first kappa shape index (κ1) is 16.0. The summed E-state index contributed by atoms with van der Waals surface area (Å²) in [4.78, 5) is 25.8. The third-order valence-corrected chi connectivity index (χ3v) is 4.47. The van der Waals surface area contributed by atoms with E-state index >= 15 is 0 Å². The number of ether oxygens (including phenoxy) is 1. The molecule has 0 atom stereocenters. The first-order valence-electron chi connectivity index (χ1n) is 8.43. The highest BCUT2D eigenvalue weighted by atomic mass is 16.5. The smallest absolute Gasteiger partial charge is 0.272 e. The van der Waals surface area contributed by atoms with Crippen molar-refractivity contribution < 1.29 is 14.3 Å². The van der Waals surface area contributed by atoms with Crippen molar-refractivity contribution in [2.24, 2.45) is 0 Å². The summed E-state index contributed by atoms with van der Waals surface area (Å²) in [5.41, 5.74) is 2.52. The number of nitrogens with zero attached hydrogens (tertiary/aromatic N) is 3. The zero-order valence-electron chi connectivity index (χ0n) is 13.6. The minimum Gasteiger partial charge on any atom is -0.376 e. The first-order chi connectivity index (χ1) is 11.2. The van der Waals surface area contributed by atoms with E-state index in [9.17, 15) is 9.59 Å². The van der Waals surface area contributed by atoms with Crippen LogP contribution in [0.3, 0.4) is 0 Å². The highest BCUT2D eigenvalue weighted by Crippen LogP contribution is 2.21. The average Bonchev–Trinajstić information content (AvgIpc) is 3.15. The lowest BCUT2D eigenvalue weighted by atomic mass is 10.1. The van der Waals surface area contributed by atoms with Gasteiger partial charge in [-0.05, 0) is 19.8 Å². The number of aryl methyl sites for hydroxylation is 1. The summed E-state index contributed by atoms with van der Waals surface area (Å²) < 4.78 is 7.37. The lowest BCUT2D eigenvalue weighted by Gasteiger charge is -2.15. The average molecular weight is 320 g/mol. The molecular weight excluding hydrogens is 296 g/mol. The largest absolute Gasteiger partial charge is 0.376 e. The highest BCUT2D eigenvalue weighted by molar-refractivity contribution is 5.94. The van der Waals surface area contributed by atoms with Gasteiger partial charge >= 0.3 is 0 Å². The summed E-state index contributed by atoms with van der Waals surface area (Å²) in [7, 11) is 0. The van der Waals surface area contributed by atoms with Gasteiger partial charge in [0.15, 0.2) is 5.69 Å². The number of rotatable bonds is 6. The van der Waals surface area contributed by atoms with E-state index in [0.29, 0.717) is 38.4 Å². The van der Waals surface area contributed by atoms with Gasteiger partial charge < -0.3 is 15.0 Å². The summed E-state index contributed by atoms with van der Waals surface area (Å²) >= 11 is 0. The predicted octanol–water partition coefficient (Wildman–Crippen LogP) is 0.718. The third-order valence-electron chi connectivity index (χ3n) is 4.47. The molecule has 2 amide bonds. The number of fused-ring (bicyclic) bond motifs is 1. The first-order valence-corrected chi connectivity index (χ1v) is 8.43. The number of hydrogen-bond donors (Lipinski definition) is 1. The van der Waals surface area contributed by atoms with E-state index in [4.69, 9.17) is 4.74 Å². The van der Waals surface area contributed by atoms with Gasteiger partial charge in [0.2, 0.25) is 5.91 Å². The normalized spacial score (nSPS) is 17.4. The predicted molar refractivity (Wildman–Crippen MR) is 84.0 cm³/mol. The van der Waals surface area contributed by atoms with Gasteiger partial charge in [-0.1, -0.05) is 0 Å². The van der Waals surface area contributed by atoms with Crippen molar-refractivity contribution in [2.75, 3.05) is 26.2 Å². The van der Waals surface area contributed by atoms with Gasteiger partial charge in [0.05, 0.1) is 13.2 Å². The molecule has 0 unspecified atom stereocenters. The standard InChI is InChI=1S/C16H24N4O3/c1-2-20-13-6-10-23-11-12(13)15(18-20)16(22)17-7-4-9-19-8-3-5-14(19)21/h2-11H2,1H3,(H,17,22). The molecule has 1 N–H and O–H groups in total. The van der Waals surface area contributed by atoms with Crippen molar-refractivity contribution in [3.05, 3.63) is 17.0 Å². The quantitative estimate of drug-likeness (QED) is 0.784. The van der Waals surface area contributed by atoms with Crippen LogP contribution in [0.1, 0.15) is 47.9 Å². The summed E-state index contributed by atoms with van der Waals surface area (Å²) in [6, 6.07) is 0. The molecular formula is C16H24N4O3. The Kier molecular flexibility index (Phi) is 4.95. The van der Waals surface area contributed by atoms with E-state index in [1.807, 2.05) is 16.5 Å². The Balaban J connectivity index is 1.54. The van der Waals surface area contributed by atoms with Gasteiger partial charge in [-0.3, -0.25) is 14.3 Å². The van der Waals surface area contributed by atoms with Crippen LogP contribution in [-0.4, -0.2) is 52.7 Å². The topological polar surface area (TPSA) is 76.5 Å². The van der Waals surface area contributed by atoms with E-state index in [2.05, 4.69) is 10.4 Å². The number of carbonyl (C=O) groups excluding carboxylic acids is 2. The molecule has 23 heavy (non-hydrogen) atoms. The van der Waals surface area contributed by atoms with Crippen LogP contribution in [0, 0.1) is 0 Å². The second-order valence-corrected chi connectivity index (χ2v) is 5.99. The molecule has 1 aromatic rings. The summed E-state index contributed by atoms with van der Waals surface area (Å²) in [6.07, 6.45) is 3.18. The molecule has 7 heteroatoms. The minimum atomic E-state index is -0.147. The lowest BCUT2D eigenvalue weighted by molar-refractivity contribution is -0.127. The van der Waals surface area contributed by atoms with Gasteiger partial charge in [-0.15, -0.1) is 0 Å². The molecule has 0 saturated carbocycles. The highest BCUT2D eigenvalue weighted by Gasteiger charge is 2.25. The molecule has 0 bridgehead atoms. The van der Waals surface area contributed by atoms with Gasteiger partial charge in [0, 0.05) is 50.3 Å².